The van der Waals surface area contributed by atoms with Gasteiger partial charge in [0, 0.05) is 6.42 Å². The minimum atomic E-state index is -0.917. The number of ether oxygens (including phenoxy) is 3. The molecular weight excluding hydrogens is 290 g/mol. The molecule has 0 spiro atoms. The van der Waals surface area contributed by atoms with Gasteiger partial charge in [0.25, 0.3) is 5.09 Å². The first-order valence-corrected chi connectivity index (χ1v) is 6.37. The zero-order chi connectivity index (χ0) is 15.4. The average molecular weight is 305 g/mol. The lowest BCUT2D eigenvalue weighted by atomic mass is 10.1. The van der Waals surface area contributed by atoms with Crippen molar-refractivity contribution in [3.8, 4) is 0 Å². The largest absolute Gasteiger partial charge is 0.457 e. The highest BCUT2D eigenvalue weighted by atomic mass is 17.0. The Balaban J connectivity index is 1.80. The molecule has 0 aliphatic carbocycles. The summed E-state index contributed by atoms with van der Waals surface area (Å²) < 4.78 is 15.7. The zero-order valence-corrected chi connectivity index (χ0v) is 11.0. The van der Waals surface area contributed by atoms with Crippen molar-refractivity contribution in [3.05, 3.63) is 10.1 Å². The van der Waals surface area contributed by atoms with Crippen LogP contribution < -0.4 is 0 Å². The number of esters is 1. The normalized spacial score (nSPS) is 30.7. The van der Waals surface area contributed by atoms with Gasteiger partial charge in [-0.2, -0.15) is 0 Å². The van der Waals surface area contributed by atoms with Crippen LogP contribution in [0.1, 0.15) is 12.8 Å². The fraction of sp³-hybridized carbons (Fsp3) is 0.818. The molecule has 0 radical (unpaired) electrons. The van der Waals surface area contributed by atoms with Crippen LogP contribution in [0.25, 0.3) is 0 Å². The van der Waals surface area contributed by atoms with Crippen LogP contribution >= 0.6 is 0 Å². The van der Waals surface area contributed by atoms with E-state index in [1.165, 1.54) is 0 Å². The summed E-state index contributed by atoms with van der Waals surface area (Å²) in [6.07, 6.45) is -3.07. The first-order chi connectivity index (χ1) is 10.0. The Morgan fingerprint density at radius 3 is 2.43 bits per heavy atom. The summed E-state index contributed by atoms with van der Waals surface area (Å²) in [6, 6.07) is 0. The Morgan fingerprint density at radius 1 is 1.19 bits per heavy atom. The predicted molar refractivity (Wildman–Crippen MR) is 62.6 cm³/mol. The Kier molecular flexibility index (Phi) is 5.04. The van der Waals surface area contributed by atoms with Gasteiger partial charge in [0.15, 0.2) is 18.0 Å². The van der Waals surface area contributed by atoms with E-state index in [1.54, 1.807) is 0 Å². The van der Waals surface area contributed by atoms with Crippen molar-refractivity contribution >= 4 is 11.8 Å². The van der Waals surface area contributed by atoms with Gasteiger partial charge in [0.1, 0.15) is 18.8 Å². The van der Waals surface area contributed by atoms with Crippen LogP contribution in [0.3, 0.4) is 0 Å². The average Bonchev–Trinajstić information content (AvgIpc) is 3.00. The van der Waals surface area contributed by atoms with Crippen LogP contribution in [0, 0.1) is 10.1 Å². The molecule has 0 aromatic rings. The van der Waals surface area contributed by atoms with Gasteiger partial charge < -0.3 is 24.2 Å². The molecule has 2 heterocycles. The maximum atomic E-state index is 11.6. The molecule has 0 aromatic carbocycles. The van der Waals surface area contributed by atoms with E-state index in [0.717, 1.165) is 0 Å². The van der Waals surface area contributed by atoms with Gasteiger partial charge in [-0.05, 0) is 0 Å². The third-order valence-electron chi connectivity index (χ3n) is 3.25. The highest BCUT2D eigenvalue weighted by Gasteiger charge is 2.51. The Bertz CT molecular complexity index is 426. The quantitative estimate of drug-likeness (QED) is 0.343. The number of carbonyl (C=O) groups is 2. The molecule has 0 bridgehead atoms. The molecule has 2 fully saturated rings. The van der Waals surface area contributed by atoms with Gasteiger partial charge in [-0.15, -0.1) is 10.1 Å². The number of rotatable bonds is 7. The van der Waals surface area contributed by atoms with E-state index in [9.17, 15) is 19.7 Å². The molecule has 10 nitrogen and oxygen atoms in total. The maximum Gasteiger partial charge on any atom is 0.306 e. The van der Waals surface area contributed by atoms with Crippen LogP contribution in [0.5, 0.6) is 0 Å². The van der Waals surface area contributed by atoms with E-state index in [-0.39, 0.29) is 26.1 Å². The van der Waals surface area contributed by atoms with E-state index in [4.69, 9.17) is 19.3 Å². The number of aliphatic hydroxyl groups excluding tert-OH is 1. The van der Waals surface area contributed by atoms with Crippen molar-refractivity contribution in [1.82, 2.24) is 0 Å². The molecule has 1 N–H and O–H groups in total. The minimum absolute atomic E-state index is 0.0205. The second kappa shape index (κ2) is 6.78. The summed E-state index contributed by atoms with van der Waals surface area (Å²) in [5, 5.41) is 17.9. The smallest absolute Gasteiger partial charge is 0.306 e. The summed E-state index contributed by atoms with van der Waals surface area (Å²) in [6.45, 7) is -0.590. The molecule has 2 saturated heterocycles. The molecule has 2 rings (SSSR count). The van der Waals surface area contributed by atoms with Gasteiger partial charge in [0.05, 0.1) is 19.6 Å². The fourth-order valence-electron chi connectivity index (χ4n) is 2.28. The molecule has 118 valence electrons. The molecule has 0 aromatic heterocycles. The van der Waals surface area contributed by atoms with Crippen LogP contribution in [0.4, 0.5) is 0 Å². The van der Waals surface area contributed by atoms with Gasteiger partial charge >= 0.3 is 5.97 Å². The van der Waals surface area contributed by atoms with Crippen LogP contribution in [-0.2, 0) is 28.6 Å². The van der Waals surface area contributed by atoms with E-state index >= 15 is 0 Å². The topological polar surface area (TPSA) is 134 Å². The fourth-order valence-corrected chi connectivity index (χ4v) is 2.28. The summed E-state index contributed by atoms with van der Waals surface area (Å²) >= 11 is 0. The Labute approximate surface area is 119 Å². The van der Waals surface area contributed by atoms with Gasteiger partial charge in [-0.1, -0.05) is 0 Å². The standard InChI is InChI=1S/C11H15NO9/c13-3-6(14)1-2-9(15)20-7-4-18-11-8(21-12(16)17)5-19-10(7)11/h7-8,10-11,13H,1-5H2/t7-,8+,10-,11-/m1/s1. The number of ketones is 1. The first-order valence-electron chi connectivity index (χ1n) is 6.37. The Hall–Kier alpha value is -1.78. The van der Waals surface area contributed by atoms with E-state index < -0.39 is 47.9 Å². The molecule has 0 unspecified atom stereocenters. The minimum Gasteiger partial charge on any atom is -0.457 e. The first kappa shape index (κ1) is 15.6. The van der Waals surface area contributed by atoms with Crippen LogP contribution in [-0.4, -0.2) is 66.2 Å². The lowest BCUT2D eigenvalue weighted by molar-refractivity contribution is -0.769. The van der Waals surface area contributed by atoms with E-state index in [1.807, 2.05) is 0 Å². The molecular formula is C11H15NO9. The van der Waals surface area contributed by atoms with Gasteiger partial charge in [0.2, 0.25) is 0 Å². The third-order valence-corrected chi connectivity index (χ3v) is 3.25. The Morgan fingerprint density at radius 2 is 1.81 bits per heavy atom. The van der Waals surface area contributed by atoms with Crippen LogP contribution in [0.15, 0.2) is 0 Å². The van der Waals surface area contributed by atoms with Crippen molar-refractivity contribution < 1.29 is 38.8 Å². The van der Waals surface area contributed by atoms with Crippen molar-refractivity contribution in [2.24, 2.45) is 0 Å². The SMILES string of the molecule is O=C(CO)CCC(=O)O[C@@H]1CO[C@H]2[C@@H]1OC[C@@H]2O[N+](=O)[O-]. The highest BCUT2D eigenvalue weighted by molar-refractivity contribution is 5.83. The third kappa shape index (κ3) is 3.86. The van der Waals surface area contributed by atoms with Gasteiger partial charge in [-0.3, -0.25) is 9.59 Å². The molecule has 0 amide bonds. The molecule has 2 aliphatic rings. The summed E-state index contributed by atoms with van der Waals surface area (Å²) in [7, 11) is 0. The van der Waals surface area contributed by atoms with E-state index in [2.05, 4.69) is 4.84 Å². The lowest BCUT2D eigenvalue weighted by Gasteiger charge is -2.16. The van der Waals surface area contributed by atoms with Crippen molar-refractivity contribution in [2.45, 2.75) is 37.3 Å². The number of aliphatic hydroxyl groups is 1. The molecule has 2 aliphatic heterocycles. The van der Waals surface area contributed by atoms with Gasteiger partial charge in [-0.25, -0.2) is 0 Å². The number of fused-ring (bicyclic) bond motifs is 1. The molecule has 0 saturated carbocycles. The van der Waals surface area contributed by atoms with Crippen molar-refractivity contribution in [2.75, 3.05) is 19.8 Å². The second-order valence-electron chi connectivity index (χ2n) is 4.69. The number of hydrogen-bond acceptors (Lipinski definition) is 9. The van der Waals surface area contributed by atoms with Crippen LogP contribution in [0.2, 0.25) is 0 Å². The number of Topliss-reactive ketones (excluding diaryl/α,β-unsaturated/α-hetero) is 1. The summed E-state index contributed by atoms with van der Waals surface area (Å²) in [4.78, 5) is 37.2. The molecule has 4 atom stereocenters. The van der Waals surface area contributed by atoms with Crippen molar-refractivity contribution in [1.29, 1.82) is 0 Å². The monoisotopic (exact) mass is 305 g/mol. The molecule has 21 heavy (non-hydrogen) atoms. The number of hydrogen-bond donors (Lipinski definition) is 1. The van der Waals surface area contributed by atoms with E-state index in [0.29, 0.717) is 0 Å². The molecule has 10 heteroatoms. The lowest BCUT2D eigenvalue weighted by Crippen LogP contribution is -2.35. The number of nitrogens with zero attached hydrogens (tertiary/aromatic N) is 1. The zero-order valence-electron chi connectivity index (χ0n) is 11.0. The predicted octanol–water partition coefficient (Wildman–Crippen LogP) is -1.39. The number of carbonyl (C=O) groups excluding carboxylic acids is 2. The van der Waals surface area contributed by atoms with Crippen molar-refractivity contribution in [3.63, 3.8) is 0 Å². The second-order valence-corrected chi connectivity index (χ2v) is 4.69. The summed E-state index contributed by atoms with van der Waals surface area (Å²) in [5.74, 6) is -1.07. The maximum absolute atomic E-state index is 11.6. The highest BCUT2D eigenvalue weighted by Crippen LogP contribution is 2.30. The summed E-state index contributed by atoms with van der Waals surface area (Å²) in [5.41, 5.74) is 0.